The monoisotopic (exact) mass is 468 g/mol. The van der Waals surface area contributed by atoms with E-state index >= 15 is 0 Å². The van der Waals surface area contributed by atoms with Gasteiger partial charge in [0.25, 0.3) is 0 Å². The average Bonchev–Trinajstić information content (AvgIpc) is 3.24. The molecule has 176 valence electrons. The third-order valence-electron chi connectivity index (χ3n) is 6.35. The van der Waals surface area contributed by atoms with E-state index in [1.165, 1.54) is 18.2 Å². The van der Waals surface area contributed by atoms with Crippen LogP contribution in [0.25, 0.3) is 0 Å². The maximum atomic E-state index is 13.1. The fourth-order valence-corrected chi connectivity index (χ4v) is 5.34. The molecule has 8 heteroatoms. The van der Waals surface area contributed by atoms with Crippen molar-refractivity contribution in [2.45, 2.75) is 64.2 Å². The summed E-state index contributed by atoms with van der Waals surface area (Å²) in [5.74, 6) is 3.02. The number of carbonyl (C=O) groups is 1. The third-order valence-corrected chi connectivity index (χ3v) is 7.32. The Kier molecular flexibility index (Phi) is 7.42. The third kappa shape index (κ3) is 5.11. The van der Waals surface area contributed by atoms with Gasteiger partial charge in [0.15, 0.2) is 22.4 Å². The summed E-state index contributed by atoms with van der Waals surface area (Å²) in [6.07, 6.45) is 5.35. The molecule has 3 aromatic rings. The molecule has 0 saturated carbocycles. The molecule has 3 heterocycles. The zero-order valence-electron chi connectivity index (χ0n) is 19.9. The number of methoxy groups -OCH3 is 2. The van der Waals surface area contributed by atoms with Gasteiger partial charge in [-0.15, -0.1) is 10.2 Å². The molecule has 0 spiro atoms. The lowest BCUT2D eigenvalue weighted by molar-refractivity contribution is 0.102. The van der Waals surface area contributed by atoms with Crippen LogP contribution in [-0.2, 0) is 25.9 Å². The molecule has 0 radical (unpaired) electrons. The van der Waals surface area contributed by atoms with Gasteiger partial charge in [-0.3, -0.25) is 4.79 Å². The highest BCUT2D eigenvalue weighted by atomic mass is 32.2. The van der Waals surface area contributed by atoms with Crippen molar-refractivity contribution in [1.82, 2.24) is 19.3 Å². The predicted molar refractivity (Wildman–Crippen MR) is 130 cm³/mol. The highest BCUT2D eigenvalue weighted by molar-refractivity contribution is 7.99. The van der Waals surface area contributed by atoms with Crippen LogP contribution in [0.2, 0.25) is 0 Å². The minimum Gasteiger partial charge on any atom is -0.493 e. The Hall–Kier alpha value is -2.74. The molecular formula is C25H32N4O3S. The lowest BCUT2D eigenvalue weighted by Gasteiger charge is -2.12. The molecule has 2 aromatic heterocycles. The van der Waals surface area contributed by atoms with Gasteiger partial charge in [-0.05, 0) is 56.9 Å². The largest absolute Gasteiger partial charge is 0.493 e. The molecule has 33 heavy (non-hydrogen) atoms. The van der Waals surface area contributed by atoms with Gasteiger partial charge in [-0.1, -0.05) is 24.2 Å². The number of nitrogens with zero attached hydrogens (tertiary/aromatic N) is 4. The van der Waals surface area contributed by atoms with Gasteiger partial charge >= 0.3 is 0 Å². The second kappa shape index (κ2) is 10.5. The Morgan fingerprint density at radius 1 is 1.06 bits per heavy atom. The first kappa shape index (κ1) is 23.4. The standard InChI is InChI=1S/C25H32N4O3S/c1-17-14-20(21(30)16-33-25-27-26-24-8-6-5-7-12-29(24)25)18(2)28(17)13-11-19-9-10-22(31-3)23(15-19)32-4/h9-10,14-15H,5-8,11-13,16H2,1-4H3. The van der Waals surface area contributed by atoms with Crippen LogP contribution < -0.4 is 9.47 Å². The van der Waals surface area contributed by atoms with Crippen molar-refractivity contribution in [3.05, 3.63) is 52.6 Å². The number of rotatable bonds is 9. The Morgan fingerprint density at radius 2 is 1.88 bits per heavy atom. The van der Waals surface area contributed by atoms with Crippen LogP contribution in [-0.4, -0.2) is 45.1 Å². The van der Waals surface area contributed by atoms with E-state index in [1.54, 1.807) is 14.2 Å². The molecule has 0 N–H and O–H groups in total. The SMILES string of the molecule is COc1ccc(CCn2c(C)cc(C(=O)CSc3nnc4n3CCCCC4)c2C)cc1OC. The second-order valence-corrected chi connectivity index (χ2v) is 9.39. The molecule has 0 saturated heterocycles. The summed E-state index contributed by atoms with van der Waals surface area (Å²) >= 11 is 1.50. The normalized spacial score (nSPS) is 13.5. The Balaban J connectivity index is 1.42. The first-order chi connectivity index (χ1) is 16.0. The Labute approximate surface area is 199 Å². The van der Waals surface area contributed by atoms with Crippen molar-refractivity contribution in [2.75, 3.05) is 20.0 Å². The first-order valence-electron chi connectivity index (χ1n) is 11.5. The van der Waals surface area contributed by atoms with Crippen molar-refractivity contribution in [1.29, 1.82) is 0 Å². The zero-order valence-corrected chi connectivity index (χ0v) is 20.7. The van der Waals surface area contributed by atoms with Crippen molar-refractivity contribution in [3.63, 3.8) is 0 Å². The van der Waals surface area contributed by atoms with Crippen molar-refractivity contribution < 1.29 is 14.3 Å². The number of carbonyl (C=O) groups excluding carboxylic acids is 1. The molecule has 1 aliphatic rings. The van der Waals surface area contributed by atoms with E-state index in [-0.39, 0.29) is 5.78 Å². The number of hydrogen-bond acceptors (Lipinski definition) is 6. The lowest BCUT2D eigenvalue weighted by Crippen LogP contribution is -2.09. The van der Waals surface area contributed by atoms with E-state index in [1.807, 2.05) is 25.1 Å². The summed E-state index contributed by atoms with van der Waals surface area (Å²) in [7, 11) is 3.29. The van der Waals surface area contributed by atoms with E-state index in [2.05, 4.69) is 32.3 Å². The highest BCUT2D eigenvalue weighted by Crippen LogP contribution is 2.28. The smallest absolute Gasteiger partial charge is 0.191 e. The van der Waals surface area contributed by atoms with E-state index in [0.717, 1.165) is 83.8 Å². The number of ketones is 1. The zero-order chi connectivity index (χ0) is 23.4. The molecule has 1 aliphatic heterocycles. The minimum atomic E-state index is 0.136. The average molecular weight is 469 g/mol. The number of ether oxygens (including phenoxy) is 2. The molecule has 0 bridgehead atoms. The summed E-state index contributed by atoms with van der Waals surface area (Å²) < 4.78 is 15.2. The number of thioether (sulfide) groups is 1. The van der Waals surface area contributed by atoms with Crippen LogP contribution in [0.3, 0.4) is 0 Å². The van der Waals surface area contributed by atoms with Gasteiger partial charge in [0, 0.05) is 36.5 Å². The molecule has 7 nitrogen and oxygen atoms in total. The van der Waals surface area contributed by atoms with Crippen molar-refractivity contribution in [3.8, 4) is 11.5 Å². The number of fused-ring (bicyclic) bond motifs is 1. The molecule has 0 fully saturated rings. The number of hydrogen-bond donors (Lipinski definition) is 0. The Morgan fingerprint density at radius 3 is 2.67 bits per heavy atom. The number of benzene rings is 1. The molecule has 4 rings (SSSR count). The van der Waals surface area contributed by atoms with Gasteiger partial charge in [-0.25, -0.2) is 0 Å². The fourth-order valence-electron chi connectivity index (χ4n) is 4.48. The van der Waals surface area contributed by atoms with E-state index < -0.39 is 0 Å². The maximum absolute atomic E-state index is 13.1. The van der Waals surface area contributed by atoms with Crippen LogP contribution in [0.15, 0.2) is 29.4 Å². The summed E-state index contributed by atoms with van der Waals surface area (Å²) in [5, 5.41) is 9.54. The van der Waals surface area contributed by atoms with E-state index in [4.69, 9.17) is 9.47 Å². The molecule has 0 aliphatic carbocycles. The minimum absolute atomic E-state index is 0.136. The van der Waals surface area contributed by atoms with Crippen LogP contribution in [0.5, 0.6) is 11.5 Å². The topological polar surface area (TPSA) is 71.2 Å². The van der Waals surface area contributed by atoms with Gasteiger partial charge in [0.1, 0.15) is 5.82 Å². The number of Topliss-reactive ketones (excluding diaryl/α,β-unsaturated/α-hetero) is 1. The quantitative estimate of drug-likeness (QED) is 0.336. The molecular weight excluding hydrogens is 436 g/mol. The van der Waals surface area contributed by atoms with E-state index in [9.17, 15) is 4.79 Å². The fraction of sp³-hybridized carbons (Fsp3) is 0.480. The van der Waals surface area contributed by atoms with Gasteiger partial charge < -0.3 is 18.6 Å². The lowest BCUT2D eigenvalue weighted by atomic mass is 10.1. The molecule has 0 unspecified atom stereocenters. The van der Waals surface area contributed by atoms with Gasteiger partial charge in [0.2, 0.25) is 0 Å². The predicted octanol–water partition coefficient (Wildman–Crippen LogP) is 4.66. The summed E-state index contributed by atoms with van der Waals surface area (Å²) in [6.45, 7) is 5.83. The van der Waals surface area contributed by atoms with E-state index in [0.29, 0.717) is 5.75 Å². The molecule has 0 atom stereocenters. The number of aromatic nitrogens is 4. The van der Waals surface area contributed by atoms with Crippen LogP contribution >= 0.6 is 11.8 Å². The maximum Gasteiger partial charge on any atom is 0.191 e. The van der Waals surface area contributed by atoms with Crippen LogP contribution in [0.1, 0.15) is 52.4 Å². The van der Waals surface area contributed by atoms with Crippen molar-refractivity contribution >= 4 is 17.5 Å². The van der Waals surface area contributed by atoms with Crippen molar-refractivity contribution in [2.24, 2.45) is 0 Å². The summed E-state index contributed by atoms with van der Waals surface area (Å²) in [6, 6.07) is 8.01. The van der Waals surface area contributed by atoms with Gasteiger partial charge in [0.05, 0.1) is 20.0 Å². The Bertz CT molecular complexity index is 1140. The van der Waals surface area contributed by atoms with Gasteiger partial charge in [-0.2, -0.15) is 0 Å². The summed E-state index contributed by atoms with van der Waals surface area (Å²) in [4.78, 5) is 13.1. The number of aryl methyl sites for hydroxylation is 3. The summed E-state index contributed by atoms with van der Waals surface area (Å²) in [5.41, 5.74) is 4.07. The second-order valence-electron chi connectivity index (χ2n) is 8.45. The highest BCUT2D eigenvalue weighted by Gasteiger charge is 2.19. The van der Waals surface area contributed by atoms with Crippen LogP contribution in [0.4, 0.5) is 0 Å². The molecule has 0 amide bonds. The first-order valence-corrected chi connectivity index (χ1v) is 12.5. The van der Waals surface area contributed by atoms with Crippen LogP contribution in [0, 0.1) is 13.8 Å². The molecule has 1 aromatic carbocycles.